The number of rotatable bonds is 1. The maximum Gasteiger partial charge on any atom is 0.254 e. The van der Waals surface area contributed by atoms with Gasteiger partial charge in [0.05, 0.1) is 0 Å². The standard InChI is InChI=1S/C21H23NO3/c1-13-19-11-15-5-8-17(24)12-18(15)21(13,2)9-10-22(19)20(25)14-3-6-16(23)7-4-14/h3-8,12-13,19,23-24H,9-11H2,1-2H3/t13-,19+,21+/m0/s1. The van der Waals surface area contributed by atoms with Crippen molar-refractivity contribution in [1.82, 2.24) is 4.90 Å². The van der Waals surface area contributed by atoms with Crippen LogP contribution in [-0.4, -0.2) is 33.6 Å². The van der Waals surface area contributed by atoms with Gasteiger partial charge in [-0.15, -0.1) is 0 Å². The van der Waals surface area contributed by atoms with Crippen LogP contribution in [0.25, 0.3) is 0 Å². The number of hydrogen-bond donors (Lipinski definition) is 2. The normalized spacial score (nSPS) is 27.7. The fourth-order valence-electron chi connectivity index (χ4n) is 4.63. The Kier molecular flexibility index (Phi) is 3.53. The molecule has 2 bridgehead atoms. The minimum absolute atomic E-state index is 0.0251. The molecule has 0 spiro atoms. The Morgan fingerprint density at radius 2 is 1.80 bits per heavy atom. The Bertz CT molecular complexity index is 830. The van der Waals surface area contributed by atoms with Crippen molar-refractivity contribution < 1.29 is 15.0 Å². The van der Waals surface area contributed by atoms with Crippen LogP contribution in [0.1, 0.15) is 41.8 Å². The third kappa shape index (κ3) is 2.39. The molecule has 25 heavy (non-hydrogen) atoms. The molecule has 1 aliphatic heterocycles. The molecule has 130 valence electrons. The monoisotopic (exact) mass is 337 g/mol. The maximum absolute atomic E-state index is 13.0. The molecule has 2 aromatic rings. The van der Waals surface area contributed by atoms with Crippen molar-refractivity contribution in [2.45, 2.75) is 38.1 Å². The first-order valence-electron chi connectivity index (χ1n) is 8.82. The Labute approximate surface area is 147 Å². The van der Waals surface area contributed by atoms with Crippen molar-refractivity contribution in [1.29, 1.82) is 0 Å². The van der Waals surface area contributed by atoms with E-state index in [1.54, 1.807) is 30.3 Å². The summed E-state index contributed by atoms with van der Waals surface area (Å²) in [5.74, 6) is 0.827. The Balaban J connectivity index is 1.70. The molecule has 1 heterocycles. The number of fused-ring (bicyclic) bond motifs is 4. The van der Waals surface area contributed by atoms with Crippen LogP contribution in [-0.2, 0) is 11.8 Å². The first kappa shape index (κ1) is 16.0. The highest BCUT2D eigenvalue weighted by atomic mass is 16.3. The third-order valence-corrected chi connectivity index (χ3v) is 6.37. The Morgan fingerprint density at radius 3 is 2.52 bits per heavy atom. The van der Waals surface area contributed by atoms with Crippen LogP contribution in [0.3, 0.4) is 0 Å². The summed E-state index contributed by atoms with van der Waals surface area (Å²) in [6.45, 7) is 5.18. The minimum Gasteiger partial charge on any atom is -0.508 e. The highest BCUT2D eigenvalue weighted by Crippen LogP contribution is 2.49. The number of likely N-dealkylation sites (tertiary alicyclic amines) is 1. The van der Waals surface area contributed by atoms with Gasteiger partial charge in [-0.2, -0.15) is 0 Å². The molecule has 4 heteroatoms. The Morgan fingerprint density at radius 1 is 1.12 bits per heavy atom. The zero-order valence-corrected chi connectivity index (χ0v) is 14.6. The maximum atomic E-state index is 13.0. The molecule has 1 amide bonds. The lowest BCUT2D eigenvalue weighted by Gasteiger charge is -2.54. The van der Waals surface area contributed by atoms with Crippen LogP contribution >= 0.6 is 0 Å². The first-order valence-corrected chi connectivity index (χ1v) is 8.82. The molecular formula is C21H23NO3. The average molecular weight is 337 g/mol. The van der Waals surface area contributed by atoms with Crippen molar-refractivity contribution in [3.63, 3.8) is 0 Å². The minimum atomic E-state index is -0.0251. The number of hydrogen-bond acceptors (Lipinski definition) is 3. The van der Waals surface area contributed by atoms with E-state index in [0.717, 1.165) is 12.8 Å². The van der Waals surface area contributed by atoms with Gasteiger partial charge in [-0.1, -0.05) is 19.9 Å². The number of piperidine rings is 1. The van der Waals surface area contributed by atoms with Gasteiger partial charge in [-0.05, 0) is 71.7 Å². The van der Waals surface area contributed by atoms with E-state index in [0.29, 0.717) is 23.8 Å². The fourth-order valence-corrected chi connectivity index (χ4v) is 4.63. The van der Waals surface area contributed by atoms with E-state index < -0.39 is 0 Å². The van der Waals surface area contributed by atoms with Crippen LogP contribution in [0.15, 0.2) is 42.5 Å². The van der Waals surface area contributed by atoms with Gasteiger partial charge in [0, 0.05) is 18.2 Å². The van der Waals surface area contributed by atoms with E-state index in [1.165, 1.54) is 11.1 Å². The van der Waals surface area contributed by atoms with E-state index in [4.69, 9.17) is 0 Å². The van der Waals surface area contributed by atoms with Crippen LogP contribution in [0.4, 0.5) is 0 Å². The largest absolute Gasteiger partial charge is 0.508 e. The summed E-state index contributed by atoms with van der Waals surface area (Å²) in [6.07, 6.45) is 1.70. The molecular weight excluding hydrogens is 314 g/mol. The molecule has 1 fully saturated rings. The van der Waals surface area contributed by atoms with Gasteiger partial charge >= 0.3 is 0 Å². The summed E-state index contributed by atoms with van der Waals surface area (Å²) in [6, 6.07) is 12.3. The van der Waals surface area contributed by atoms with Crippen LogP contribution in [0, 0.1) is 5.92 Å². The van der Waals surface area contributed by atoms with Gasteiger partial charge in [-0.25, -0.2) is 0 Å². The smallest absolute Gasteiger partial charge is 0.254 e. The molecule has 4 rings (SSSR count). The molecule has 0 radical (unpaired) electrons. The van der Waals surface area contributed by atoms with Gasteiger partial charge in [0.25, 0.3) is 5.91 Å². The second kappa shape index (κ2) is 5.51. The van der Waals surface area contributed by atoms with E-state index in [2.05, 4.69) is 13.8 Å². The number of nitrogens with zero attached hydrogens (tertiary/aromatic N) is 1. The number of phenols is 2. The summed E-state index contributed by atoms with van der Waals surface area (Å²) in [4.78, 5) is 15.0. The van der Waals surface area contributed by atoms with Crippen molar-refractivity contribution >= 4 is 5.91 Å². The van der Waals surface area contributed by atoms with Gasteiger partial charge in [0.15, 0.2) is 0 Å². The summed E-state index contributed by atoms with van der Waals surface area (Å²) in [7, 11) is 0. The summed E-state index contributed by atoms with van der Waals surface area (Å²) in [5, 5.41) is 19.4. The zero-order chi connectivity index (χ0) is 17.8. The quantitative estimate of drug-likeness (QED) is 0.838. The second-order valence-electron chi connectivity index (χ2n) is 7.61. The highest BCUT2D eigenvalue weighted by Gasteiger charge is 2.49. The number of aromatic hydroxyl groups is 2. The SMILES string of the molecule is C[C@H]1[C@H]2Cc3ccc(O)cc3[C@]1(C)CCN2C(=O)c1ccc(O)cc1. The van der Waals surface area contributed by atoms with Crippen molar-refractivity contribution in [2.75, 3.05) is 6.54 Å². The zero-order valence-electron chi connectivity index (χ0n) is 14.6. The molecule has 4 nitrogen and oxygen atoms in total. The molecule has 2 aromatic carbocycles. The first-order chi connectivity index (χ1) is 11.9. The van der Waals surface area contributed by atoms with E-state index in [1.807, 2.05) is 17.0 Å². The lowest BCUT2D eigenvalue weighted by molar-refractivity contribution is 0.0250. The number of amides is 1. The predicted molar refractivity (Wildman–Crippen MR) is 95.9 cm³/mol. The fraction of sp³-hybridized carbons (Fsp3) is 0.381. The Hall–Kier alpha value is -2.49. The highest BCUT2D eigenvalue weighted by molar-refractivity contribution is 5.94. The van der Waals surface area contributed by atoms with E-state index >= 15 is 0 Å². The van der Waals surface area contributed by atoms with Crippen molar-refractivity contribution in [2.24, 2.45) is 5.92 Å². The lowest BCUT2D eigenvalue weighted by atomic mass is 9.59. The number of carbonyl (C=O) groups excluding carboxylic acids is 1. The summed E-state index contributed by atoms with van der Waals surface area (Å²) < 4.78 is 0. The third-order valence-electron chi connectivity index (χ3n) is 6.37. The molecule has 0 saturated carbocycles. The molecule has 0 unspecified atom stereocenters. The lowest BCUT2D eigenvalue weighted by Crippen LogP contribution is -2.59. The summed E-state index contributed by atoms with van der Waals surface area (Å²) in [5.41, 5.74) is 3.05. The molecule has 0 aromatic heterocycles. The van der Waals surface area contributed by atoms with Crippen LogP contribution in [0.5, 0.6) is 11.5 Å². The predicted octanol–water partition coefficient (Wildman–Crippen LogP) is 3.46. The number of carbonyl (C=O) groups is 1. The van der Waals surface area contributed by atoms with Crippen molar-refractivity contribution in [3.05, 3.63) is 59.2 Å². The van der Waals surface area contributed by atoms with Crippen molar-refractivity contribution in [3.8, 4) is 11.5 Å². The van der Waals surface area contributed by atoms with Gasteiger partial charge in [0.1, 0.15) is 11.5 Å². The van der Waals surface area contributed by atoms with Crippen LogP contribution in [0.2, 0.25) is 0 Å². The van der Waals surface area contributed by atoms with E-state index in [9.17, 15) is 15.0 Å². The molecule has 3 atom stereocenters. The molecule has 1 aliphatic carbocycles. The number of benzene rings is 2. The summed E-state index contributed by atoms with van der Waals surface area (Å²) >= 11 is 0. The van der Waals surface area contributed by atoms with Gasteiger partial charge in [0.2, 0.25) is 0 Å². The van der Waals surface area contributed by atoms with Gasteiger partial charge < -0.3 is 15.1 Å². The molecule has 2 aliphatic rings. The molecule has 1 saturated heterocycles. The van der Waals surface area contributed by atoms with E-state index in [-0.39, 0.29) is 23.1 Å². The van der Waals surface area contributed by atoms with Crippen LogP contribution < -0.4 is 0 Å². The average Bonchev–Trinajstić information content (AvgIpc) is 2.59. The van der Waals surface area contributed by atoms with Gasteiger partial charge in [-0.3, -0.25) is 4.79 Å². The topological polar surface area (TPSA) is 60.8 Å². The number of phenolic OH excluding ortho intramolecular Hbond substituents is 2. The second-order valence-corrected chi connectivity index (χ2v) is 7.61. The molecule has 2 N–H and O–H groups in total.